The number of halogens is 1. The number of aliphatic carboxylic acids is 1. The molecular formula is C24H25ClN2O5S2. The van der Waals surface area contributed by atoms with E-state index in [2.05, 4.69) is 0 Å². The Morgan fingerprint density at radius 2 is 1.97 bits per heavy atom. The number of ether oxygens (including phenoxy) is 2. The molecule has 1 aliphatic heterocycles. The molecule has 7 nitrogen and oxygen atoms in total. The third-order valence-corrected chi connectivity index (χ3v) is 7.41. The van der Waals surface area contributed by atoms with Crippen LogP contribution in [0.4, 0.5) is 4.79 Å². The summed E-state index contributed by atoms with van der Waals surface area (Å²) in [5.74, 6) is -0.645. The summed E-state index contributed by atoms with van der Waals surface area (Å²) in [5, 5.41) is 16.4. The zero-order valence-corrected chi connectivity index (χ0v) is 20.8. The highest BCUT2D eigenvalue weighted by atomic mass is 35.5. The fourth-order valence-electron chi connectivity index (χ4n) is 3.75. The molecule has 1 fully saturated rings. The molecule has 4 rings (SSSR count). The molecule has 1 aliphatic rings. The normalized spacial score (nSPS) is 14.8. The average molecular weight is 521 g/mol. The first kappa shape index (κ1) is 24.7. The van der Waals surface area contributed by atoms with Crippen LogP contribution in [0.2, 0.25) is 5.02 Å². The van der Waals surface area contributed by atoms with E-state index in [4.69, 9.17) is 21.1 Å². The molecule has 34 heavy (non-hydrogen) atoms. The van der Waals surface area contributed by atoms with Crippen molar-refractivity contribution in [3.8, 4) is 5.75 Å². The minimum atomic E-state index is -0.897. The number of carboxylic acid groups (broad SMARTS) is 1. The molecule has 0 aliphatic carbocycles. The van der Waals surface area contributed by atoms with E-state index in [0.29, 0.717) is 39.4 Å². The molecule has 1 unspecified atom stereocenters. The SMILES string of the molecule is O=C(O)C(Cc1ccc(OC(=O)N2CCOCC2)c(Cl)c1)N(Cc1ccsc1)Cc1cccs1. The second-order valence-corrected chi connectivity index (χ2v) is 10.1. The van der Waals surface area contributed by atoms with Crippen molar-refractivity contribution in [1.29, 1.82) is 0 Å². The van der Waals surface area contributed by atoms with Gasteiger partial charge in [0.2, 0.25) is 0 Å². The van der Waals surface area contributed by atoms with E-state index in [0.717, 1.165) is 16.0 Å². The quantitative estimate of drug-likeness (QED) is 0.428. The van der Waals surface area contributed by atoms with Gasteiger partial charge in [-0.05, 0) is 58.0 Å². The fraction of sp³-hybridized carbons (Fsp3) is 0.333. The average Bonchev–Trinajstić information content (AvgIpc) is 3.53. The van der Waals surface area contributed by atoms with Crippen molar-refractivity contribution in [1.82, 2.24) is 9.80 Å². The second-order valence-electron chi connectivity index (χ2n) is 7.91. The first-order valence-corrected chi connectivity index (χ1v) is 13.0. The molecule has 10 heteroatoms. The molecule has 2 aromatic heterocycles. The van der Waals surface area contributed by atoms with Crippen LogP contribution >= 0.6 is 34.3 Å². The molecule has 3 aromatic rings. The van der Waals surface area contributed by atoms with Crippen LogP contribution in [0, 0.1) is 0 Å². The number of benzene rings is 1. The smallest absolute Gasteiger partial charge is 0.415 e. The maximum Gasteiger partial charge on any atom is 0.415 e. The van der Waals surface area contributed by atoms with E-state index in [9.17, 15) is 14.7 Å². The second kappa shape index (κ2) is 11.8. The van der Waals surface area contributed by atoms with Gasteiger partial charge in [-0.1, -0.05) is 23.7 Å². The van der Waals surface area contributed by atoms with Gasteiger partial charge in [0.05, 0.1) is 18.2 Å². The van der Waals surface area contributed by atoms with E-state index < -0.39 is 18.1 Å². The molecule has 1 aromatic carbocycles. The van der Waals surface area contributed by atoms with Crippen LogP contribution in [-0.4, -0.2) is 59.3 Å². The van der Waals surface area contributed by atoms with Crippen molar-refractivity contribution in [3.05, 3.63) is 73.6 Å². The zero-order chi connectivity index (χ0) is 23.9. The van der Waals surface area contributed by atoms with Crippen molar-refractivity contribution in [3.63, 3.8) is 0 Å². The predicted molar refractivity (Wildman–Crippen MR) is 133 cm³/mol. The van der Waals surface area contributed by atoms with Gasteiger partial charge in [-0.3, -0.25) is 9.69 Å². The van der Waals surface area contributed by atoms with Crippen molar-refractivity contribution in [2.75, 3.05) is 26.3 Å². The van der Waals surface area contributed by atoms with Crippen LogP contribution in [0.25, 0.3) is 0 Å². The molecule has 180 valence electrons. The molecule has 1 N–H and O–H groups in total. The van der Waals surface area contributed by atoms with Gasteiger partial charge in [-0.25, -0.2) is 4.79 Å². The third kappa shape index (κ3) is 6.58. The Morgan fingerprint density at radius 1 is 1.15 bits per heavy atom. The summed E-state index contributed by atoms with van der Waals surface area (Å²) in [6, 6.07) is 10.3. The number of carboxylic acids is 1. The van der Waals surface area contributed by atoms with Gasteiger partial charge in [0.15, 0.2) is 5.75 Å². The molecule has 1 atom stereocenters. The number of hydrogen-bond donors (Lipinski definition) is 1. The molecule has 3 heterocycles. The van der Waals surface area contributed by atoms with Crippen LogP contribution in [0.3, 0.4) is 0 Å². The minimum Gasteiger partial charge on any atom is -0.480 e. The van der Waals surface area contributed by atoms with E-state index in [-0.39, 0.29) is 17.2 Å². The summed E-state index contributed by atoms with van der Waals surface area (Å²) in [6.45, 7) is 2.96. The number of morpholine rings is 1. The molecular weight excluding hydrogens is 496 g/mol. The maximum absolute atomic E-state index is 12.4. The lowest BCUT2D eigenvalue weighted by Gasteiger charge is -2.28. The third-order valence-electron chi connectivity index (χ3n) is 5.52. The van der Waals surface area contributed by atoms with Crippen LogP contribution in [0.15, 0.2) is 52.5 Å². The van der Waals surface area contributed by atoms with Gasteiger partial charge in [-0.2, -0.15) is 11.3 Å². The van der Waals surface area contributed by atoms with Crippen LogP contribution < -0.4 is 4.74 Å². The molecule has 1 saturated heterocycles. The van der Waals surface area contributed by atoms with E-state index in [1.807, 2.05) is 39.2 Å². The largest absolute Gasteiger partial charge is 0.480 e. The molecule has 0 spiro atoms. The fourth-order valence-corrected chi connectivity index (χ4v) is 5.38. The summed E-state index contributed by atoms with van der Waals surface area (Å²) < 4.78 is 10.7. The number of rotatable bonds is 9. The maximum atomic E-state index is 12.4. The van der Waals surface area contributed by atoms with Gasteiger partial charge >= 0.3 is 12.1 Å². The first-order valence-electron chi connectivity index (χ1n) is 10.8. The number of carbonyl (C=O) groups is 2. The highest BCUT2D eigenvalue weighted by Gasteiger charge is 2.27. The van der Waals surface area contributed by atoms with Crippen LogP contribution in [0.5, 0.6) is 5.75 Å². The number of nitrogens with zero attached hydrogens (tertiary/aromatic N) is 2. The standard InChI is InChI=1S/C24H25ClN2O5S2/c25-20-12-17(3-4-22(20)32-24(30)26-6-8-31-9-7-26)13-21(23(28)29)27(14-18-5-11-33-16-18)15-19-2-1-10-34-19/h1-5,10-12,16,21H,6-9,13-15H2,(H,28,29). The highest BCUT2D eigenvalue weighted by Crippen LogP contribution is 2.28. The van der Waals surface area contributed by atoms with Gasteiger partial charge in [0, 0.05) is 31.1 Å². The highest BCUT2D eigenvalue weighted by molar-refractivity contribution is 7.09. The Balaban J connectivity index is 1.48. The molecule has 0 radical (unpaired) electrons. The number of carbonyl (C=O) groups excluding carboxylic acids is 1. The summed E-state index contributed by atoms with van der Waals surface area (Å²) in [7, 11) is 0. The van der Waals surface area contributed by atoms with Gasteiger partial charge in [0.1, 0.15) is 6.04 Å². The Labute approximate surface area is 211 Å². The van der Waals surface area contributed by atoms with Crippen molar-refractivity contribution in [2.24, 2.45) is 0 Å². The van der Waals surface area contributed by atoms with Crippen molar-refractivity contribution in [2.45, 2.75) is 25.6 Å². The van der Waals surface area contributed by atoms with Crippen molar-refractivity contribution >= 4 is 46.3 Å². The van der Waals surface area contributed by atoms with Gasteiger partial charge in [0.25, 0.3) is 0 Å². The van der Waals surface area contributed by atoms with Crippen LogP contribution in [-0.2, 0) is 29.0 Å². The van der Waals surface area contributed by atoms with Crippen LogP contribution in [0.1, 0.15) is 16.0 Å². The zero-order valence-electron chi connectivity index (χ0n) is 18.4. The van der Waals surface area contributed by atoms with E-state index in [1.165, 1.54) is 0 Å². The summed E-state index contributed by atoms with van der Waals surface area (Å²) >= 11 is 9.61. The van der Waals surface area contributed by atoms with Crippen molar-refractivity contribution < 1.29 is 24.2 Å². The topological polar surface area (TPSA) is 79.3 Å². The molecule has 1 amide bonds. The monoisotopic (exact) mass is 520 g/mol. The van der Waals surface area contributed by atoms with Gasteiger partial charge in [-0.15, -0.1) is 11.3 Å². The molecule has 0 saturated carbocycles. The van der Waals surface area contributed by atoms with Gasteiger partial charge < -0.3 is 19.5 Å². The number of thiophene rings is 2. The van der Waals surface area contributed by atoms with E-state index >= 15 is 0 Å². The lowest BCUT2D eigenvalue weighted by molar-refractivity contribution is -0.143. The van der Waals surface area contributed by atoms with E-state index in [1.54, 1.807) is 45.8 Å². The molecule has 0 bridgehead atoms. The Morgan fingerprint density at radius 3 is 2.62 bits per heavy atom. The minimum absolute atomic E-state index is 0.252. The summed E-state index contributed by atoms with van der Waals surface area (Å²) in [6.07, 6.45) is -0.207. The lowest BCUT2D eigenvalue weighted by atomic mass is 10.0. The summed E-state index contributed by atoms with van der Waals surface area (Å²) in [5.41, 5.74) is 1.83. The Bertz CT molecular complexity index is 1050. The predicted octanol–water partition coefficient (Wildman–Crippen LogP) is 4.99. The first-order chi connectivity index (χ1) is 16.5. The lowest BCUT2D eigenvalue weighted by Crippen LogP contribution is -2.42. The Kier molecular flexibility index (Phi) is 8.58. The Hall–Kier alpha value is -2.43. The number of hydrogen-bond acceptors (Lipinski definition) is 7. The summed E-state index contributed by atoms with van der Waals surface area (Å²) in [4.78, 5) is 29.3. The number of amides is 1.